The molecule has 3 heteroatoms. The molecule has 0 aliphatic rings. The van der Waals surface area contributed by atoms with E-state index in [0.717, 1.165) is 0 Å². The van der Waals surface area contributed by atoms with E-state index in [4.69, 9.17) is 0 Å². The van der Waals surface area contributed by atoms with Crippen LogP contribution in [0.5, 0.6) is 0 Å². The third-order valence-electron chi connectivity index (χ3n) is 1.58. The molecule has 0 spiro atoms. The molecule has 0 heterocycles. The standard InChI is InChI=1S/C9H9FO2/c1-6-2-3-7(4-8(6)10)5-9(11)12/h2-4H,5H2,1H3,(H,11,12)/p-1. The van der Waals surface area contributed by atoms with Crippen LogP contribution in [0.3, 0.4) is 0 Å². The number of benzene rings is 1. The molecule has 0 radical (unpaired) electrons. The summed E-state index contributed by atoms with van der Waals surface area (Å²) < 4.78 is 12.8. The molecular formula is C9H8FO2-. The number of rotatable bonds is 2. The zero-order valence-electron chi connectivity index (χ0n) is 6.63. The van der Waals surface area contributed by atoms with Gasteiger partial charge in [0.15, 0.2) is 0 Å². The van der Waals surface area contributed by atoms with Crippen molar-refractivity contribution in [1.29, 1.82) is 0 Å². The number of carboxylic acids is 1. The number of aliphatic carboxylic acids is 1. The average molecular weight is 167 g/mol. The Balaban J connectivity index is 2.89. The highest BCUT2D eigenvalue weighted by Gasteiger charge is 1.98. The number of aryl methyl sites for hydroxylation is 1. The van der Waals surface area contributed by atoms with Crippen LogP contribution in [0.1, 0.15) is 11.1 Å². The fourth-order valence-electron chi connectivity index (χ4n) is 0.913. The van der Waals surface area contributed by atoms with E-state index in [9.17, 15) is 14.3 Å². The number of hydrogen-bond acceptors (Lipinski definition) is 2. The lowest BCUT2D eigenvalue weighted by atomic mass is 10.1. The van der Waals surface area contributed by atoms with E-state index in [1.54, 1.807) is 19.1 Å². The lowest BCUT2D eigenvalue weighted by Gasteiger charge is -2.03. The van der Waals surface area contributed by atoms with E-state index < -0.39 is 5.97 Å². The summed E-state index contributed by atoms with van der Waals surface area (Å²) in [7, 11) is 0. The van der Waals surface area contributed by atoms with Crippen molar-refractivity contribution in [3.63, 3.8) is 0 Å². The van der Waals surface area contributed by atoms with E-state index in [2.05, 4.69) is 0 Å². The van der Waals surface area contributed by atoms with Crippen LogP contribution < -0.4 is 5.11 Å². The maximum absolute atomic E-state index is 12.8. The normalized spacial score (nSPS) is 9.83. The minimum absolute atomic E-state index is 0.239. The van der Waals surface area contributed by atoms with Gasteiger partial charge >= 0.3 is 0 Å². The van der Waals surface area contributed by atoms with Gasteiger partial charge in [0, 0.05) is 12.4 Å². The molecule has 0 fully saturated rings. The molecule has 0 aliphatic heterocycles. The van der Waals surface area contributed by atoms with E-state index in [0.29, 0.717) is 11.1 Å². The van der Waals surface area contributed by atoms with Crippen molar-refractivity contribution in [1.82, 2.24) is 0 Å². The van der Waals surface area contributed by atoms with E-state index in [-0.39, 0.29) is 12.2 Å². The predicted molar refractivity (Wildman–Crippen MR) is 39.8 cm³/mol. The second kappa shape index (κ2) is 3.34. The Morgan fingerprint density at radius 3 is 2.75 bits per heavy atom. The first-order valence-electron chi connectivity index (χ1n) is 3.54. The zero-order valence-corrected chi connectivity index (χ0v) is 6.63. The maximum Gasteiger partial charge on any atom is 0.126 e. The molecule has 0 atom stereocenters. The van der Waals surface area contributed by atoms with Gasteiger partial charge in [-0.25, -0.2) is 4.39 Å². The largest absolute Gasteiger partial charge is 0.550 e. The number of hydrogen-bond donors (Lipinski definition) is 0. The lowest BCUT2D eigenvalue weighted by Crippen LogP contribution is -2.24. The Morgan fingerprint density at radius 2 is 2.25 bits per heavy atom. The van der Waals surface area contributed by atoms with Crippen molar-refractivity contribution in [2.24, 2.45) is 0 Å². The van der Waals surface area contributed by atoms with Crippen molar-refractivity contribution < 1.29 is 14.3 Å². The Hall–Kier alpha value is -1.38. The quantitative estimate of drug-likeness (QED) is 0.640. The van der Waals surface area contributed by atoms with Crippen LogP contribution in [-0.4, -0.2) is 5.97 Å². The van der Waals surface area contributed by atoms with Crippen LogP contribution in [-0.2, 0) is 11.2 Å². The number of carbonyl (C=O) groups excluding carboxylic acids is 1. The SMILES string of the molecule is Cc1ccc(CC(=O)[O-])cc1F. The summed E-state index contributed by atoms with van der Waals surface area (Å²) in [6, 6.07) is 4.34. The van der Waals surface area contributed by atoms with Crippen molar-refractivity contribution in [3.8, 4) is 0 Å². The molecule has 0 amide bonds. The molecule has 64 valence electrons. The summed E-state index contributed by atoms with van der Waals surface area (Å²) in [5, 5.41) is 10.1. The Bertz CT molecular complexity index is 307. The van der Waals surface area contributed by atoms with Crippen LogP contribution in [0.4, 0.5) is 4.39 Å². The molecule has 0 aliphatic carbocycles. The highest BCUT2D eigenvalue weighted by Crippen LogP contribution is 2.09. The third-order valence-corrected chi connectivity index (χ3v) is 1.58. The summed E-state index contributed by atoms with van der Waals surface area (Å²) >= 11 is 0. The van der Waals surface area contributed by atoms with E-state index in [1.807, 2.05) is 0 Å². The van der Waals surface area contributed by atoms with E-state index >= 15 is 0 Å². The summed E-state index contributed by atoms with van der Waals surface area (Å²) in [6.07, 6.45) is -0.239. The smallest absolute Gasteiger partial charge is 0.126 e. The molecule has 0 unspecified atom stereocenters. The van der Waals surface area contributed by atoms with Crippen LogP contribution in [0.2, 0.25) is 0 Å². The molecule has 0 saturated heterocycles. The summed E-state index contributed by atoms with van der Waals surface area (Å²) in [4.78, 5) is 10.1. The monoisotopic (exact) mass is 167 g/mol. The van der Waals surface area contributed by atoms with E-state index in [1.165, 1.54) is 6.07 Å². The van der Waals surface area contributed by atoms with Crippen molar-refractivity contribution in [2.45, 2.75) is 13.3 Å². The number of halogens is 1. The average Bonchev–Trinajstić information content (AvgIpc) is 1.96. The minimum Gasteiger partial charge on any atom is -0.550 e. The van der Waals surface area contributed by atoms with Gasteiger partial charge in [-0.05, 0) is 24.1 Å². The van der Waals surface area contributed by atoms with Crippen LogP contribution >= 0.6 is 0 Å². The molecule has 0 aromatic heterocycles. The van der Waals surface area contributed by atoms with Crippen LogP contribution in [0.15, 0.2) is 18.2 Å². The molecule has 1 rings (SSSR count). The van der Waals surface area contributed by atoms with Gasteiger partial charge < -0.3 is 9.90 Å². The first kappa shape index (κ1) is 8.71. The van der Waals surface area contributed by atoms with Crippen molar-refractivity contribution >= 4 is 5.97 Å². The summed E-state index contributed by atoms with van der Waals surface area (Å²) in [5.74, 6) is -1.58. The third kappa shape index (κ3) is 2.05. The van der Waals surface area contributed by atoms with Crippen LogP contribution in [0.25, 0.3) is 0 Å². The van der Waals surface area contributed by atoms with Gasteiger partial charge in [0.25, 0.3) is 0 Å². The molecule has 1 aromatic carbocycles. The fourth-order valence-corrected chi connectivity index (χ4v) is 0.913. The number of carboxylic acid groups (broad SMARTS) is 1. The summed E-state index contributed by atoms with van der Waals surface area (Å²) in [6.45, 7) is 1.62. The lowest BCUT2D eigenvalue weighted by molar-refractivity contribution is -0.304. The van der Waals surface area contributed by atoms with Gasteiger partial charge in [0.05, 0.1) is 0 Å². The molecule has 2 nitrogen and oxygen atoms in total. The molecule has 0 bridgehead atoms. The molecular weight excluding hydrogens is 159 g/mol. The van der Waals surface area contributed by atoms with Crippen LogP contribution in [0, 0.1) is 12.7 Å². The van der Waals surface area contributed by atoms with Gasteiger partial charge in [-0.15, -0.1) is 0 Å². The van der Waals surface area contributed by atoms with Gasteiger partial charge in [0.1, 0.15) is 5.82 Å². The Morgan fingerprint density at radius 1 is 1.58 bits per heavy atom. The maximum atomic E-state index is 12.8. The highest BCUT2D eigenvalue weighted by molar-refractivity contribution is 5.67. The highest BCUT2D eigenvalue weighted by atomic mass is 19.1. The first-order valence-corrected chi connectivity index (χ1v) is 3.54. The van der Waals surface area contributed by atoms with Gasteiger partial charge in [-0.1, -0.05) is 12.1 Å². The molecule has 0 N–H and O–H groups in total. The second-order valence-electron chi connectivity index (χ2n) is 2.63. The van der Waals surface area contributed by atoms with Gasteiger partial charge in [-0.3, -0.25) is 0 Å². The second-order valence-corrected chi connectivity index (χ2v) is 2.63. The molecule has 0 saturated carbocycles. The minimum atomic E-state index is -1.20. The summed E-state index contributed by atoms with van der Waals surface area (Å²) in [5.41, 5.74) is 0.940. The first-order chi connectivity index (χ1) is 5.59. The van der Waals surface area contributed by atoms with Gasteiger partial charge in [-0.2, -0.15) is 0 Å². The van der Waals surface area contributed by atoms with Gasteiger partial charge in [0.2, 0.25) is 0 Å². The topological polar surface area (TPSA) is 40.1 Å². The zero-order chi connectivity index (χ0) is 9.14. The molecule has 1 aromatic rings. The Kier molecular flexibility index (Phi) is 2.43. The fraction of sp³-hybridized carbons (Fsp3) is 0.222. The van der Waals surface area contributed by atoms with Crippen molar-refractivity contribution in [3.05, 3.63) is 35.1 Å². The number of carbonyl (C=O) groups is 1. The Labute approximate surface area is 69.6 Å². The van der Waals surface area contributed by atoms with Crippen molar-refractivity contribution in [2.75, 3.05) is 0 Å². The molecule has 12 heavy (non-hydrogen) atoms. The predicted octanol–water partition coefficient (Wildman–Crippen LogP) is 0.427.